The zero-order valence-corrected chi connectivity index (χ0v) is 15.3. The molecule has 7 heteroatoms. The quantitative estimate of drug-likeness (QED) is 0.780. The van der Waals surface area contributed by atoms with Gasteiger partial charge in [0.15, 0.2) is 0 Å². The Labute approximate surface area is 153 Å². The molecule has 7 nitrogen and oxygen atoms in total. The average molecular weight is 355 g/mol. The molecular formula is C19H25N5O2. The standard InChI is InChI=1S/C19H25N5O2/c1-22-6-8-23(9-7-22)18-5-3-4-17(21-18)15-12-20-24(13-15)16-10-14(11-16)19(25)26-2/h3-5,12-14,16H,6-11H2,1-2H3/t14-,16-. The number of nitrogens with zero attached hydrogens (tertiary/aromatic N) is 5. The summed E-state index contributed by atoms with van der Waals surface area (Å²) in [5, 5.41) is 4.49. The van der Waals surface area contributed by atoms with Gasteiger partial charge in [-0.15, -0.1) is 0 Å². The Bertz CT molecular complexity index is 776. The van der Waals surface area contributed by atoms with E-state index in [0.29, 0.717) is 0 Å². The van der Waals surface area contributed by atoms with Gasteiger partial charge in [-0.05, 0) is 32.0 Å². The number of rotatable bonds is 4. The number of ether oxygens (including phenoxy) is 1. The van der Waals surface area contributed by atoms with Gasteiger partial charge in [-0.25, -0.2) is 4.98 Å². The van der Waals surface area contributed by atoms with E-state index < -0.39 is 0 Å². The van der Waals surface area contributed by atoms with E-state index in [4.69, 9.17) is 9.72 Å². The van der Waals surface area contributed by atoms with Gasteiger partial charge in [0.2, 0.25) is 0 Å². The van der Waals surface area contributed by atoms with Crippen molar-refractivity contribution in [2.75, 3.05) is 45.2 Å². The van der Waals surface area contributed by atoms with Gasteiger partial charge in [0, 0.05) is 37.9 Å². The molecule has 0 unspecified atom stereocenters. The summed E-state index contributed by atoms with van der Waals surface area (Å²) in [7, 11) is 3.60. The van der Waals surface area contributed by atoms with Crippen molar-refractivity contribution in [3.63, 3.8) is 0 Å². The van der Waals surface area contributed by atoms with Crippen LogP contribution in [0.1, 0.15) is 18.9 Å². The minimum absolute atomic E-state index is 0.0105. The normalized spacial score (nSPS) is 23.5. The van der Waals surface area contributed by atoms with Gasteiger partial charge >= 0.3 is 5.97 Å². The van der Waals surface area contributed by atoms with Crippen molar-refractivity contribution in [3.05, 3.63) is 30.6 Å². The van der Waals surface area contributed by atoms with Crippen LogP contribution in [-0.4, -0.2) is 66.0 Å². The van der Waals surface area contributed by atoms with Gasteiger partial charge in [-0.1, -0.05) is 6.07 Å². The molecule has 0 bridgehead atoms. The predicted molar refractivity (Wildman–Crippen MR) is 98.9 cm³/mol. The Kier molecular flexibility index (Phi) is 4.63. The Balaban J connectivity index is 1.45. The van der Waals surface area contributed by atoms with E-state index in [9.17, 15) is 4.79 Å². The fraction of sp³-hybridized carbons (Fsp3) is 0.526. The van der Waals surface area contributed by atoms with Gasteiger partial charge in [-0.2, -0.15) is 5.10 Å². The highest BCUT2D eigenvalue weighted by atomic mass is 16.5. The third-order valence-corrected chi connectivity index (χ3v) is 5.48. The molecule has 0 aromatic carbocycles. The number of hydrogen-bond acceptors (Lipinski definition) is 6. The molecule has 0 amide bonds. The fourth-order valence-electron chi connectivity index (χ4n) is 3.63. The number of methoxy groups -OCH3 is 1. The molecule has 26 heavy (non-hydrogen) atoms. The highest BCUT2D eigenvalue weighted by Crippen LogP contribution is 2.38. The van der Waals surface area contributed by atoms with Crippen LogP contribution >= 0.6 is 0 Å². The van der Waals surface area contributed by atoms with Crippen LogP contribution < -0.4 is 4.90 Å². The Morgan fingerprint density at radius 2 is 1.96 bits per heavy atom. The monoisotopic (exact) mass is 355 g/mol. The van der Waals surface area contributed by atoms with E-state index in [0.717, 1.165) is 56.1 Å². The maximum atomic E-state index is 11.5. The maximum Gasteiger partial charge on any atom is 0.308 e. The first-order chi connectivity index (χ1) is 12.6. The summed E-state index contributed by atoms with van der Waals surface area (Å²) >= 11 is 0. The Morgan fingerprint density at radius 1 is 1.19 bits per heavy atom. The van der Waals surface area contributed by atoms with Crippen LogP contribution in [0, 0.1) is 5.92 Å². The summed E-state index contributed by atoms with van der Waals surface area (Å²) in [6, 6.07) is 6.43. The second kappa shape index (κ2) is 7.07. The zero-order valence-electron chi connectivity index (χ0n) is 15.3. The largest absolute Gasteiger partial charge is 0.469 e. The molecule has 1 aliphatic heterocycles. The number of esters is 1. The lowest BCUT2D eigenvalue weighted by molar-refractivity contribution is -0.149. The van der Waals surface area contributed by atoms with Crippen LogP contribution in [0.25, 0.3) is 11.3 Å². The van der Waals surface area contributed by atoms with Crippen molar-refractivity contribution < 1.29 is 9.53 Å². The van der Waals surface area contributed by atoms with E-state index in [1.165, 1.54) is 7.11 Å². The number of carbonyl (C=O) groups is 1. The van der Waals surface area contributed by atoms with Crippen molar-refractivity contribution in [2.24, 2.45) is 5.92 Å². The maximum absolute atomic E-state index is 11.5. The number of aromatic nitrogens is 3. The molecule has 2 aromatic rings. The molecule has 1 saturated carbocycles. The molecular weight excluding hydrogens is 330 g/mol. The van der Waals surface area contributed by atoms with Gasteiger partial charge in [-0.3, -0.25) is 9.48 Å². The molecule has 2 aromatic heterocycles. The third-order valence-electron chi connectivity index (χ3n) is 5.48. The number of carbonyl (C=O) groups excluding carboxylic acids is 1. The Hall–Kier alpha value is -2.41. The summed E-state index contributed by atoms with van der Waals surface area (Å²) in [5.41, 5.74) is 1.96. The second-order valence-corrected chi connectivity index (χ2v) is 7.23. The SMILES string of the molecule is COC(=O)[C@H]1C[C@H](n2cc(-c3cccc(N4CCN(C)CC4)n3)cn2)C1. The van der Waals surface area contributed by atoms with E-state index in [2.05, 4.69) is 34.1 Å². The van der Waals surface area contributed by atoms with Crippen LogP contribution in [0.5, 0.6) is 0 Å². The molecule has 138 valence electrons. The minimum atomic E-state index is -0.116. The average Bonchev–Trinajstić information content (AvgIpc) is 3.10. The summed E-state index contributed by atoms with van der Waals surface area (Å²) < 4.78 is 6.76. The van der Waals surface area contributed by atoms with Gasteiger partial charge in [0.1, 0.15) is 5.82 Å². The summed E-state index contributed by atoms with van der Waals surface area (Å²) in [6.45, 7) is 4.13. The minimum Gasteiger partial charge on any atom is -0.469 e. The first-order valence-corrected chi connectivity index (χ1v) is 9.17. The van der Waals surface area contributed by atoms with Gasteiger partial charge in [0.05, 0.1) is 31.0 Å². The van der Waals surface area contributed by atoms with E-state index >= 15 is 0 Å². The van der Waals surface area contributed by atoms with Crippen LogP contribution in [0.4, 0.5) is 5.82 Å². The van der Waals surface area contributed by atoms with Crippen LogP contribution in [-0.2, 0) is 9.53 Å². The van der Waals surface area contributed by atoms with Crippen LogP contribution in [0.15, 0.2) is 30.6 Å². The van der Waals surface area contributed by atoms with Crippen molar-refractivity contribution in [1.82, 2.24) is 19.7 Å². The van der Waals surface area contributed by atoms with Gasteiger partial charge in [0.25, 0.3) is 0 Å². The van der Waals surface area contributed by atoms with E-state index in [-0.39, 0.29) is 17.9 Å². The Morgan fingerprint density at radius 3 is 2.69 bits per heavy atom. The number of anilines is 1. The summed E-state index contributed by atoms with van der Waals surface area (Å²) in [6.07, 6.45) is 5.49. The second-order valence-electron chi connectivity index (χ2n) is 7.23. The van der Waals surface area contributed by atoms with E-state index in [1.807, 2.05) is 23.1 Å². The lowest BCUT2D eigenvalue weighted by Gasteiger charge is -2.33. The molecule has 2 aliphatic rings. The molecule has 0 N–H and O–H groups in total. The third kappa shape index (κ3) is 3.31. The molecule has 2 fully saturated rings. The van der Waals surface area contributed by atoms with Gasteiger partial charge < -0.3 is 14.5 Å². The first-order valence-electron chi connectivity index (χ1n) is 9.17. The van der Waals surface area contributed by atoms with Crippen LogP contribution in [0.3, 0.4) is 0 Å². The molecule has 3 heterocycles. The zero-order chi connectivity index (χ0) is 18.1. The summed E-state index contributed by atoms with van der Waals surface area (Å²) in [5.74, 6) is 0.921. The molecule has 1 aliphatic carbocycles. The predicted octanol–water partition coefficient (Wildman–Crippen LogP) is 1.82. The number of likely N-dealkylation sites (N-methyl/N-ethyl adjacent to an activating group) is 1. The van der Waals surface area contributed by atoms with Crippen molar-refractivity contribution in [2.45, 2.75) is 18.9 Å². The lowest BCUT2D eigenvalue weighted by Crippen LogP contribution is -2.44. The van der Waals surface area contributed by atoms with Crippen LogP contribution in [0.2, 0.25) is 0 Å². The smallest absolute Gasteiger partial charge is 0.308 e. The molecule has 0 radical (unpaired) electrons. The molecule has 0 spiro atoms. The number of piperazine rings is 1. The van der Waals surface area contributed by atoms with Crippen molar-refractivity contribution in [3.8, 4) is 11.3 Å². The molecule has 1 saturated heterocycles. The topological polar surface area (TPSA) is 63.5 Å². The lowest BCUT2D eigenvalue weighted by atomic mass is 9.80. The fourth-order valence-corrected chi connectivity index (χ4v) is 3.63. The van der Waals surface area contributed by atoms with Crippen molar-refractivity contribution in [1.29, 1.82) is 0 Å². The number of hydrogen-bond donors (Lipinski definition) is 0. The number of pyridine rings is 1. The molecule has 0 atom stereocenters. The molecule has 4 rings (SSSR count). The highest BCUT2D eigenvalue weighted by molar-refractivity contribution is 5.73. The van der Waals surface area contributed by atoms with E-state index in [1.54, 1.807) is 0 Å². The highest BCUT2D eigenvalue weighted by Gasteiger charge is 2.36. The first kappa shape index (κ1) is 17.0. The summed E-state index contributed by atoms with van der Waals surface area (Å²) in [4.78, 5) is 21.1. The van der Waals surface area contributed by atoms with Crippen molar-refractivity contribution >= 4 is 11.8 Å².